The number of amides is 2. The summed E-state index contributed by atoms with van der Waals surface area (Å²) in [6.45, 7) is 2.76. The molecule has 0 atom stereocenters. The first-order valence-corrected chi connectivity index (χ1v) is 9.38. The van der Waals surface area contributed by atoms with E-state index in [9.17, 15) is 9.59 Å². The Morgan fingerprint density at radius 1 is 0.929 bits per heavy atom. The van der Waals surface area contributed by atoms with Crippen LogP contribution >= 0.6 is 0 Å². The van der Waals surface area contributed by atoms with Crippen molar-refractivity contribution in [3.05, 3.63) is 89.9 Å². The van der Waals surface area contributed by atoms with Gasteiger partial charge in [0.15, 0.2) is 0 Å². The quantitative estimate of drug-likeness (QED) is 0.644. The molecule has 1 heterocycles. The lowest BCUT2D eigenvalue weighted by Crippen LogP contribution is -2.29. The number of rotatable bonds is 8. The third-order valence-electron chi connectivity index (χ3n) is 4.44. The Kier molecular flexibility index (Phi) is 6.63. The average Bonchev–Trinajstić information content (AvgIpc) is 3.25. The van der Waals surface area contributed by atoms with Crippen LogP contribution < -0.4 is 10.2 Å². The highest BCUT2D eigenvalue weighted by Gasteiger charge is 2.15. The molecule has 28 heavy (non-hydrogen) atoms. The molecule has 2 aromatic carbocycles. The topological polar surface area (TPSA) is 62.6 Å². The Labute approximate surface area is 165 Å². The first kappa shape index (κ1) is 19.4. The molecular weight excluding hydrogens is 352 g/mol. The minimum absolute atomic E-state index is 0.0628. The number of hydrogen-bond acceptors (Lipinski definition) is 3. The number of nitrogens with zero attached hydrogens (tertiary/aromatic N) is 1. The van der Waals surface area contributed by atoms with Gasteiger partial charge in [-0.15, -0.1) is 0 Å². The van der Waals surface area contributed by atoms with Gasteiger partial charge < -0.3 is 14.6 Å². The van der Waals surface area contributed by atoms with Gasteiger partial charge in [-0.05, 0) is 35.4 Å². The van der Waals surface area contributed by atoms with Crippen LogP contribution in [0.2, 0.25) is 0 Å². The van der Waals surface area contributed by atoms with Crippen molar-refractivity contribution in [2.24, 2.45) is 0 Å². The molecule has 144 valence electrons. The normalized spacial score (nSPS) is 10.5. The van der Waals surface area contributed by atoms with Gasteiger partial charge >= 0.3 is 0 Å². The van der Waals surface area contributed by atoms with Gasteiger partial charge in [-0.1, -0.05) is 49.4 Å². The van der Waals surface area contributed by atoms with Crippen molar-refractivity contribution in [2.45, 2.75) is 32.9 Å². The minimum atomic E-state index is -0.0741. The summed E-state index contributed by atoms with van der Waals surface area (Å²) in [6, 6.07) is 21.1. The number of anilines is 1. The predicted octanol–water partition coefficient (Wildman–Crippen LogP) is 4.08. The first-order chi connectivity index (χ1) is 13.7. The molecule has 0 aliphatic heterocycles. The molecule has 5 heteroatoms. The van der Waals surface area contributed by atoms with Crippen LogP contribution in [0.25, 0.3) is 0 Å². The van der Waals surface area contributed by atoms with Crippen LogP contribution in [0.4, 0.5) is 5.69 Å². The summed E-state index contributed by atoms with van der Waals surface area (Å²) in [5, 5.41) is 2.83. The lowest BCUT2D eigenvalue weighted by atomic mass is 10.1. The lowest BCUT2D eigenvalue weighted by molar-refractivity contribution is -0.121. The number of carbonyl (C=O) groups is 2. The molecule has 0 aliphatic carbocycles. The van der Waals surface area contributed by atoms with Crippen molar-refractivity contribution < 1.29 is 14.0 Å². The zero-order valence-electron chi connectivity index (χ0n) is 15.9. The second-order valence-electron chi connectivity index (χ2n) is 6.52. The molecule has 0 saturated heterocycles. The highest BCUT2D eigenvalue weighted by atomic mass is 16.3. The number of furan rings is 1. The molecule has 0 radical (unpaired) electrons. The van der Waals surface area contributed by atoms with Crippen molar-refractivity contribution in [3.63, 3.8) is 0 Å². The molecule has 0 spiro atoms. The van der Waals surface area contributed by atoms with Crippen molar-refractivity contribution in [3.8, 4) is 0 Å². The van der Waals surface area contributed by atoms with E-state index in [0.29, 0.717) is 19.5 Å². The van der Waals surface area contributed by atoms with Crippen LogP contribution in [0, 0.1) is 0 Å². The molecule has 2 amide bonds. The van der Waals surface area contributed by atoms with E-state index in [1.165, 1.54) is 0 Å². The van der Waals surface area contributed by atoms with Crippen LogP contribution in [0.15, 0.2) is 77.4 Å². The predicted molar refractivity (Wildman–Crippen MR) is 109 cm³/mol. The molecule has 0 bridgehead atoms. The second kappa shape index (κ2) is 9.55. The Bertz CT molecular complexity index is 887. The third-order valence-corrected chi connectivity index (χ3v) is 4.44. The number of benzene rings is 2. The molecule has 3 rings (SSSR count). The van der Waals surface area contributed by atoms with Crippen LogP contribution in [0.5, 0.6) is 0 Å². The smallest absolute Gasteiger partial charge is 0.227 e. The molecule has 0 unspecified atom stereocenters. The van der Waals surface area contributed by atoms with Crippen molar-refractivity contribution in [2.75, 3.05) is 4.90 Å². The molecule has 5 nitrogen and oxygen atoms in total. The van der Waals surface area contributed by atoms with Crippen LogP contribution in [-0.2, 0) is 29.1 Å². The monoisotopic (exact) mass is 376 g/mol. The third kappa shape index (κ3) is 5.33. The Hall–Kier alpha value is -3.34. The summed E-state index contributed by atoms with van der Waals surface area (Å²) in [4.78, 5) is 26.3. The van der Waals surface area contributed by atoms with Gasteiger partial charge in [-0.3, -0.25) is 9.59 Å². The Balaban J connectivity index is 1.63. The summed E-state index contributed by atoms with van der Waals surface area (Å²) in [5.74, 6) is 0.709. The van der Waals surface area contributed by atoms with Crippen LogP contribution in [0.3, 0.4) is 0 Å². The lowest BCUT2D eigenvalue weighted by Gasteiger charge is -2.23. The van der Waals surface area contributed by atoms with E-state index < -0.39 is 0 Å². The Morgan fingerprint density at radius 3 is 2.32 bits per heavy atom. The number of nitrogens with one attached hydrogen (secondary N) is 1. The largest absolute Gasteiger partial charge is 0.467 e. The highest BCUT2D eigenvalue weighted by Crippen LogP contribution is 2.20. The standard InChI is InChI=1S/C23H24N2O3/c1-2-23(27)25(17-19-7-4-3-5-8-19)20-12-10-18(11-13-20)15-22(26)24-16-21-9-6-14-28-21/h3-14H,2,15-17H2,1H3,(H,24,26). The molecule has 0 aliphatic rings. The van der Waals surface area contributed by atoms with E-state index in [1.807, 2.05) is 67.6 Å². The van der Waals surface area contributed by atoms with E-state index in [-0.39, 0.29) is 18.2 Å². The van der Waals surface area contributed by atoms with E-state index in [1.54, 1.807) is 17.2 Å². The summed E-state index contributed by atoms with van der Waals surface area (Å²) < 4.78 is 5.21. The number of carbonyl (C=O) groups excluding carboxylic acids is 2. The second-order valence-corrected chi connectivity index (χ2v) is 6.52. The fourth-order valence-corrected chi connectivity index (χ4v) is 2.92. The highest BCUT2D eigenvalue weighted by molar-refractivity contribution is 5.93. The molecule has 1 aromatic heterocycles. The van der Waals surface area contributed by atoms with E-state index in [0.717, 1.165) is 22.6 Å². The maximum absolute atomic E-state index is 12.4. The summed E-state index contributed by atoms with van der Waals surface area (Å²) >= 11 is 0. The zero-order chi connectivity index (χ0) is 19.8. The molecular formula is C23H24N2O3. The molecule has 1 N–H and O–H groups in total. The molecule has 0 saturated carbocycles. The van der Waals surface area contributed by atoms with Gasteiger partial charge in [-0.25, -0.2) is 0 Å². The molecule has 3 aromatic rings. The summed E-state index contributed by atoms with van der Waals surface area (Å²) in [5.41, 5.74) is 2.80. The average molecular weight is 376 g/mol. The first-order valence-electron chi connectivity index (χ1n) is 9.38. The van der Waals surface area contributed by atoms with Gasteiger partial charge in [0.2, 0.25) is 11.8 Å². The van der Waals surface area contributed by atoms with Gasteiger partial charge in [0, 0.05) is 12.1 Å². The van der Waals surface area contributed by atoms with Crippen molar-refractivity contribution in [1.82, 2.24) is 5.32 Å². The summed E-state index contributed by atoms with van der Waals surface area (Å²) in [7, 11) is 0. The SMILES string of the molecule is CCC(=O)N(Cc1ccccc1)c1ccc(CC(=O)NCc2ccco2)cc1. The fourth-order valence-electron chi connectivity index (χ4n) is 2.92. The van der Waals surface area contributed by atoms with Gasteiger partial charge in [-0.2, -0.15) is 0 Å². The summed E-state index contributed by atoms with van der Waals surface area (Å²) in [6.07, 6.45) is 2.30. The van der Waals surface area contributed by atoms with Gasteiger partial charge in [0.05, 0.1) is 25.8 Å². The maximum Gasteiger partial charge on any atom is 0.227 e. The number of hydrogen-bond donors (Lipinski definition) is 1. The minimum Gasteiger partial charge on any atom is -0.467 e. The van der Waals surface area contributed by atoms with Crippen LogP contribution in [-0.4, -0.2) is 11.8 Å². The molecule has 0 fully saturated rings. The van der Waals surface area contributed by atoms with Crippen molar-refractivity contribution >= 4 is 17.5 Å². The van der Waals surface area contributed by atoms with E-state index in [2.05, 4.69) is 5.32 Å². The Morgan fingerprint density at radius 2 is 1.68 bits per heavy atom. The van der Waals surface area contributed by atoms with E-state index >= 15 is 0 Å². The van der Waals surface area contributed by atoms with Crippen molar-refractivity contribution in [1.29, 1.82) is 0 Å². The fraction of sp³-hybridized carbons (Fsp3) is 0.217. The van der Waals surface area contributed by atoms with Gasteiger partial charge in [0.1, 0.15) is 5.76 Å². The van der Waals surface area contributed by atoms with Crippen LogP contribution in [0.1, 0.15) is 30.2 Å². The van der Waals surface area contributed by atoms with Gasteiger partial charge in [0.25, 0.3) is 0 Å². The zero-order valence-corrected chi connectivity index (χ0v) is 15.9. The van der Waals surface area contributed by atoms with E-state index in [4.69, 9.17) is 4.42 Å². The maximum atomic E-state index is 12.4.